The van der Waals surface area contributed by atoms with Gasteiger partial charge in [-0.15, -0.1) is 10.2 Å². The van der Waals surface area contributed by atoms with Crippen LogP contribution in [0, 0.1) is 0 Å². The molecule has 0 unspecified atom stereocenters. The van der Waals surface area contributed by atoms with Gasteiger partial charge < -0.3 is 4.42 Å². The van der Waals surface area contributed by atoms with Gasteiger partial charge in [-0.1, -0.05) is 35.5 Å². The average Bonchev–Trinajstić information content (AvgIpc) is 3.33. The quantitative estimate of drug-likeness (QED) is 0.483. The smallest absolute Gasteiger partial charge is 0.271 e. The number of amides is 2. The molecule has 10 heteroatoms. The molecule has 3 aromatic rings. The van der Waals surface area contributed by atoms with E-state index >= 15 is 0 Å². The number of nitrogens with zero attached hydrogens (tertiary/aromatic N) is 3. The molecule has 2 heterocycles. The van der Waals surface area contributed by atoms with Gasteiger partial charge in [-0.25, -0.2) is 0 Å². The topological polar surface area (TPSA) is 102 Å². The Morgan fingerprint density at radius 2 is 2.00 bits per heavy atom. The fourth-order valence-corrected chi connectivity index (χ4v) is 3.30. The molecular weight excluding hydrogens is 390 g/mol. The lowest BCUT2D eigenvalue weighted by Gasteiger charge is -2.08. The van der Waals surface area contributed by atoms with Crippen molar-refractivity contribution in [3.05, 3.63) is 53.2 Å². The number of thioether (sulfide) groups is 1. The van der Waals surface area contributed by atoms with E-state index in [1.54, 1.807) is 42.7 Å². The van der Waals surface area contributed by atoms with E-state index in [2.05, 4.69) is 21.0 Å². The third kappa shape index (κ3) is 4.50. The van der Waals surface area contributed by atoms with Crippen LogP contribution in [0.15, 0.2) is 52.2 Å². The molecule has 0 saturated heterocycles. The summed E-state index contributed by atoms with van der Waals surface area (Å²) in [6.45, 7) is 2.57. The van der Waals surface area contributed by atoms with Crippen molar-refractivity contribution in [3.63, 3.8) is 0 Å². The zero-order valence-corrected chi connectivity index (χ0v) is 15.9. The molecule has 3 rings (SSSR count). The van der Waals surface area contributed by atoms with E-state index < -0.39 is 5.91 Å². The summed E-state index contributed by atoms with van der Waals surface area (Å²) in [5.41, 5.74) is 4.97. The van der Waals surface area contributed by atoms with Crippen LogP contribution >= 0.6 is 23.4 Å². The number of hydrogen-bond donors (Lipinski definition) is 2. The highest BCUT2D eigenvalue weighted by molar-refractivity contribution is 7.99. The Bertz CT molecular complexity index is 942. The van der Waals surface area contributed by atoms with Crippen molar-refractivity contribution in [2.45, 2.75) is 18.6 Å². The summed E-state index contributed by atoms with van der Waals surface area (Å²) in [5.74, 6) is 0.380. The maximum atomic E-state index is 12.0. The lowest BCUT2D eigenvalue weighted by atomic mass is 10.2. The summed E-state index contributed by atoms with van der Waals surface area (Å²) in [7, 11) is 0. The fourth-order valence-electron chi connectivity index (χ4n) is 2.27. The van der Waals surface area contributed by atoms with Gasteiger partial charge in [0.05, 0.1) is 22.6 Å². The summed E-state index contributed by atoms with van der Waals surface area (Å²) >= 11 is 7.16. The van der Waals surface area contributed by atoms with E-state index in [9.17, 15) is 9.59 Å². The standard InChI is InChI=1S/C17H16ClN5O3S/c1-2-23-15(13-8-5-9-26-13)20-22-17(23)27-10-14(24)19-21-16(25)11-6-3-4-7-12(11)18/h3-9H,2,10H2,1H3,(H,19,24)(H,21,25). The predicted octanol–water partition coefficient (Wildman–Crippen LogP) is 2.76. The molecule has 1 aromatic carbocycles. The number of rotatable bonds is 6. The van der Waals surface area contributed by atoms with Crippen LogP contribution in [0.25, 0.3) is 11.6 Å². The molecular formula is C17H16ClN5O3S. The zero-order chi connectivity index (χ0) is 19.2. The molecule has 0 spiro atoms. The SMILES string of the molecule is CCn1c(SCC(=O)NNC(=O)c2ccccc2Cl)nnc1-c1ccco1. The van der Waals surface area contributed by atoms with Crippen LogP contribution in [0.2, 0.25) is 5.02 Å². The highest BCUT2D eigenvalue weighted by atomic mass is 35.5. The van der Waals surface area contributed by atoms with Gasteiger partial charge in [0.25, 0.3) is 5.91 Å². The lowest BCUT2D eigenvalue weighted by molar-refractivity contribution is -0.119. The van der Waals surface area contributed by atoms with Crippen LogP contribution in [0.5, 0.6) is 0 Å². The number of halogens is 1. The average molecular weight is 406 g/mol. The van der Waals surface area contributed by atoms with Gasteiger partial charge in [0, 0.05) is 6.54 Å². The van der Waals surface area contributed by atoms with Crippen molar-refractivity contribution in [2.24, 2.45) is 0 Å². The minimum absolute atomic E-state index is 0.0547. The van der Waals surface area contributed by atoms with Crippen molar-refractivity contribution in [1.82, 2.24) is 25.6 Å². The first-order valence-corrected chi connectivity index (χ1v) is 9.40. The van der Waals surface area contributed by atoms with Crippen molar-refractivity contribution >= 4 is 35.2 Å². The number of furan rings is 1. The van der Waals surface area contributed by atoms with Crippen LogP contribution in [-0.2, 0) is 11.3 Å². The summed E-state index contributed by atoms with van der Waals surface area (Å²) in [5, 5.41) is 9.10. The van der Waals surface area contributed by atoms with Gasteiger partial charge >= 0.3 is 0 Å². The second kappa shape index (κ2) is 8.74. The van der Waals surface area contributed by atoms with Gasteiger partial charge in [-0.3, -0.25) is 25.0 Å². The molecule has 0 radical (unpaired) electrons. The second-order valence-electron chi connectivity index (χ2n) is 5.30. The molecule has 0 bridgehead atoms. The summed E-state index contributed by atoms with van der Waals surface area (Å²) < 4.78 is 7.19. The van der Waals surface area contributed by atoms with E-state index in [1.165, 1.54) is 11.8 Å². The van der Waals surface area contributed by atoms with Crippen LogP contribution in [-0.4, -0.2) is 32.3 Å². The molecule has 8 nitrogen and oxygen atoms in total. The van der Waals surface area contributed by atoms with Crippen molar-refractivity contribution in [1.29, 1.82) is 0 Å². The number of aromatic nitrogens is 3. The maximum absolute atomic E-state index is 12.0. The number of hydrogen-bond acceptors (Lipinski definition) is 6. The zero-order valence-electron chi connectivity index (χ0n) is 14.3. The second-order valence-corrected chi connectivity index (χ2v) is 6.65. The minimum atomic E-state index is -0.490. The molecule has 0 aliphatic rings. The molecule has 2 aromatic heterocycles. The summed E-state index contributed by atoms with van der Waals surface area (Å²) in [4.78, 5) is 24.0. The Morgan fingerprint density at radius 3 is 2.70 bits per heavy atom. The third-order valence-electron chi connectivity index (χ3n) is 3.54. The normalized spacial score (nSPS) is 10.6. The molecule has 0 aliphatic carbocycles. The van der Waals surface area contributed by atoms with Crippen LogP contribution in [0.3, 0.4) is 0 Å². The summed E-state index contributed by atoms with van der Waals surface area (Å²) in [6, 6.07) is 10.1. The molecule has 27 heavy (non-hydrogen) atoms. The Hall–Kier alpha value is -2.78. The third-order valence-corrected chi connectivity index (χ3v) is 4.84. The Morgan fingerprint density at radius 1 is 1.19 bits per heavy atom. The van der Waals surface area contributed by atoms with Gasteiger partial charge in [0.15, 0.2) is 16.7 Å². The Labute approximate surface area is 164 Å². The van der Waals surface area contributed by atoms with Crippen LogP contribution in [0.4, 0.5) is 0 Å². The number of carbonyl (C=O) groups excluding carboxylic acids is 2. The Balaban J connectivity index is 1.55. The van der Waals surface area contributed by atoms with Gasteiger partial charge in [0.1, 0.15) is 0 Å². The van der Waals surface area contributed by atoms with E-state index in [0.29, 0.717) is 28.3 Å². The van der Waals surface area contributed by atoms with Gasteiger partial charge in [-0.05, 0) is 31.2 Å². The predicted molar refractivity (Wildman–Crippen MR) is 101 cm³/mol. The highest BCUT2D eigenvalue weighted by Crippen LogP contribution is 2.24. The van der Waals surface area contributed by atoms with Crippen molar-refractivity contribution in [2.75, 3.05) is 5.75 Å². The lowest BCUT2D eigenvalue weighted by Crippen LogP contribution is -2.42. The van der Waals surface area contributed by atoms with Crippen LogP contribution < -0.4 is 10.9 Å². The highest BCUT2D eigenvalue weighted by Gasteiger charge is 2.16. The number of carbonyl (C=O) groups is 2. The molecule has 0 aliphatic heterocycles. The minimum Gasteiger partial charge on any atom is -0.461 e. The van der Waals surface area contributed by atoms with E-state index in [4.69, 9.17) is 16.0 Å². The molecule has 140 valence electrons. The first-order valence-electron chi connectivity index (χ1n) is 8.03. The summed E-state index contributed by atoms with van der Waals surface area (Å²) in [6.07, 6.45) is 1.56. The van der Waals surface area contributed by atoms with Crippen molar-refractivity contribution in [3.8, 4) is 11.6 Å². The van der Waals surface area contributed by atoms with E-state index in [0.717, 1.165) is 0 Å². The molecule has 0 saturated carbocycles. The van der Waals surface area contributed by atoms with E-state index in [-0.39, 0.29) is 17.2 Å². The largest absolute Gasteiger partial charge is 0.461 e. The van der Waals surface area contributed by atoms with Crippen LogP contribution in [0.1, 0.15) is 17.3 Å². The number of benzene rings is 1. The Kier molecular flexibility index (Phi) is 6.15. The van der Waals surface area contributed by atoms with Crippen molar-refractivity contribution < 1.29 is 14.0 Å². The molecule has 0 fully saturated rings. The monoisotopic (exact) mass is 405 g/mol. The molecule has 2 N–H and O–H groups in total. The number of hydrazine groups is 1. The fraction of sp³-hybridized carbons (Fsp3) is 0.176. The van der Waals surface area contributed by atoms with Gasteiger partial charge in [0.2, 0.25) is 5.91 Å². The number of nitrogens with one attached hydrogen (secondary N) is 2. The molecule has 2 amide bonds. The first kappa shape index (κ1) is 19.0. The van der Waals surface area contributed by atoms with Gasteiger partial charge in [-0.2, -0.15) is 0 Å². The maximum Gasteiger partial charge on any atom is 0.271 e. The van der Waals surface area contributed by atoms with E-state index in [1.807, 2.05) is 11.5 Å². The molecule has 0 atom stereocenters. The first-order chi connectivity index (χ1) is 13.1.